The van der Waals surface area contributed by atoms with Gasteiger partial charge in [-0.25, -0.2) is 4.79 Å². The molecule has 1 aromatic carbocycles. The first-order chi connectivity index (χ1) is 8.64. The fraction of sp³-hybridized carbons (Fsp3) is 0.500. The maximum atomic E-state index is 11.7. The molecule has 0 amide bonds. The molecule has 1 N–H and O–H groups in total. The molecule has 0 saturated carbocycles. The second-order valence-corrected chi connectivity index (χ2v) is 4.79. The fourth-order valence-corrected chi connectivity index (χ4v) is 2.16. The van der Waals surface area contributed by atoms with E-state index in [1.807, 2.05) is 18.2 Å². The Morgan fingerprint density at radius 3 is 2.61 bits per heavy atom. The second-order valence-electron chi connectivity index (χ2n) is 4.79. The van der Waals surface area contributed by atoms with Crippen LogP contribution in [0.25, 0.3) is 0 Å². The molecule has 0 bridgehead atoms. The number of hydrogen-bond acceptors (Lipinski definition) is 4. The van der Waals surface area contributed by atoms with Crippen LogP contribution in [0.4, 0.5) is 0 Å². The van der Waals surface area contributed by atoms with Crippen molar-refractivity contribution in [3.05, 3.63) is 29.8 Å². The van der Waals surface area contributed by atoms with Crippen molar-refractivity contribution >= 4 is 5.97 Å². The van der Waals surface area contributed by atoms with Gasteiger partial charge in [-0.15, -0.1) is 0 Å². The third-order valence-electron chi connectivity index (χ3n) is 3.31. The molecular formula is C14H19NO3. The number of piperidine rings is 1. The number of hydrogen-bond donors (Lipinski definition) is 1. The minimum absolute atomic E-state index is 0.213. The van der Waals surface area contributed by atoms with Gasteiger partial charge < -0.3 is 14.8 Å². The molecular weight excluding hydrogens is 230 g/mol. The summed E-state index contributed by atoms with van der Waals surface area (Å²) >= 11 is 0. The van der Waals surface area contributed by atoms with Crippen molar-refractivity contribution in [3.8, 4) is 5.75 Å². The first kappa shape index (κ1) is 12.9. The van der Waals surface area contributed by atoms with Crippen LogP contribution in [0, 0.1) is 0 Å². The van der Waals surface area contributed by atoms with Gasteiger partial charge in [-0.05, 0) is 45.0 Å². The maximum Gasteiger partial charge on any atom is 0.341 e. The van der Waals surface area contributed by atoms with Crippen molar-refractivity contribution in [1.82, 2.24) is 5.32 Å². The molecule has 98 valence electrons. The van der Waals surface area contributed by atoms with E-state index in [4.69, 9.17) is 9.47 Å². The van der Waals surface area contributed by atoms with E-state index in [9.17, 15) is 4.79 Å². The normalized spacial score (nSPS) is 18.1. The molecule has 1 aromatic rings. The summed E-state index contributed by atoms with van der Waals surface area (Å²) in [5.41, 5.74) is 0.273. The number of benzene rings is 1. The van der Waals surface area contributed by atoms with Crippen LogP contribution in [0.5, 0.6) is 5.75 Å². The summed E-state index contributed by atoms with van der Waals surface area (Å²) in [6.07, 6.45) is 1.87. The summed E-state index contributed by atoms with van der Waals surface area (Å²) < 4.78 is 10.8. The highest BCUT2D eigenvalue weighted by Gasteiger charge is 2.30. The zero-order valence-electron chi connectivity index (χ0n) is 10.9. The first-order valence-corrected chi connectivity index (χ1v) is 6.22. The third-order valence-corrected chi connectivity index (χ3v) is 3.31. The Hall–Kier alpha value is -1.55. The zero-order chi connectivity index (χ0) is 13.0. The average Bonchev–Trinajstić information content (AvgIpc) is 2.39. The minimum Gasteiger partial charge on any atom is -0.487 e. The van der Waals surface area contributed by atoms with Crippen molar-refractivity contribution in [3.63, 3.8) is 0 Å². The van der Waals surface area contributed by atoms with E-state index in [-0.39, 0.29) is 11.6 Å². The number of carbonyl (C=O) groups excluding carboxylic acids is 1. The molecule has 0 spiro atoms. The van der Waals surface area contributed by atoms with Crippen LogP contribution in [0.1, 0.15) is 30.1 Å². The van der Waals surface area contributed by atoms with E-state index in [2.05, 4.69) is 12.2 Å². The maximum absolute atomic E-state index is 11.7. The van der Waals surface area contributed by atoms with Crippen molar-refractivity contribution in [1.29, 1.82) is 0 Å². The van der Waals surface area contributed by atoms with Gasteiger partial charge in [0.1, 0.15) is 16.9 Å². The van der Waals surface area contributed by atoms with Gasteiger partial charge in [0.05, 0.1) is 7.11 Å². The lowest BCUT2D eigenvalue weighted by atomic mass is 9.94. The van der Waals surface area contributed by atoms with E-state index in [1.54, 1.807) is 6.07 Å². The Kier molecular flexibility index (Phi) is 3.87. The Morgan fingerprint density at radius 2 is 1.94 bits per heavy atom. The summed E-state index contributed by atoms with van der Waals surface area (Å²) in [6.45, 7) is 3.97. The molecule has 1 fully saturated rings. The number of rotatable bonds is 3. The van der Waals surface area contributed by atoms with Gasteiger partial charge in [-0.3, -0.25) is 0 Å². The molecule has 4 heteroatoms. The van der Waals surface area contributed by atoms with Crippen molar-refractivity contribution in [2.75, 3.05) is 20.2 Å². The number of carbonyl (C=O) groups is 1. The molecule has 1 heterocycles. The van der Waals surface area contributed by atoms with Crippen LogP contribution in [-0.4, -0.2) is 31.8 Å². The van der Waals surface area contributed by atoms with Gasteiger partial charge in [0.25, 0.3) is 0 Å². The van der Waals surface area contributed by atoms with Crippen molar-refractivity contribution < 1.29 is 14.3 Å². The van der Waals surface area contributed by atoms with Gasteiger partial charge in [-0.1, -0.05) is 12.1 Å². The van der Waals surface area contributed by atoms with E-state index in [1.165, 1.54) is 7.11 Å². The topological polar surface area (TPSA) is 47.6 Å². The highest BCUT2D eigenvalue weighted by molar-refractivity contribution is 5.92. The number of methoxy groups -OCH3 is 1. The molecule has 4 nitrogen and oxygen atoms in total. The quantitative estimate of drug-likeness (QED) is 0.832. The Bertz CT molecular complexity index is 425. The zero-order valence-corrected chi connectivity index (χ0v) is 10.9. The molecule has 1 aliphatic heterocycles. The Morgan fingerprint density at radius 1 is 1.28 bits per heavy atom. The fourth-order valence-electron chi connectivity index (χ4n) is 2.16. The number of ether oxygens (including phenoxy) is 2. The van der Waals surface area contributed by atoms with Crippen LogP contribution < -0.4 is 10.1 Å². The second kappa shape index (κ2) is 5.40. The van der Waals surface area contributed by atoms with Crippen LogP contribution in [-0.2, 0) is 4.74 Å². The lowest BCUT2D eigenvalue weighted by molar-refractivity contribution is 0.0482. The monoisotopic (exact) mass is 249 g/mol. The van der Waals surface area contributed by atoms with Crippen molar-refractivity contribution in [2.45, 2.75) is 25.4 Å². The standard InChI is InChI=1S/C14H19NO3/c1-14(7-9-15-10-8-14)18-12-6-4-3-5-11(12)13(16)17-2/h3-6,15H,7-10H2,1-2H3. The molecule has 0 atom stereocenters. The smallest absolute Gasteiger partial charge is 0.341 e. The predicted octanol–water partition coefficient (Wildman–Crippen LogP) is 1.99. The largest absolute Gasteiger partial charge is 0.487 e. The number of para-hydroxylation sites is 1. The van der Waals surface area contributed by atoms with Gasteiger partial charge in [0.2, 0.25) is 0 Å². The van der Waals surface area contributed by atoms with E-state index in [0.29, 0.717) is 11.3 Å². The molecule has 1 saturated heterocycles. The van der Waals surface area contributed by atoms with Gasteiger partial charge in [0, 0.05) is 0 Å². The predicted molar refractivity (Wildman–Crippen MR) is 68.9 cm³/mol. The average molecular weight is 249 g/mol. The number of esters is 1. The Labute approximate surface area is 107 Å². The minimum atomic E-state index is -0.358. The van der Waals surface area contributed by atoms with Crippen LogP contribution in [0.2, 0.25) is 0 Å². The SMILES string of the molecule is COC(=O)c1ccccc1OC1(C)CCNCC1. The molecule has 1 aliphatic rings. The molecule has 2 rings (SSSR count). The van der Waals surface area contributed by atoms with E-state index >= 15 is 0 Å². The highest BCUT2D eigenvalue weighted by atomic mass is 16.5. The van der Waals surface area contributed by atoms with E-state index < -0.39 is 0 Å². The van der Waals surface area contributed by atoms with Crippen molar-refractivity contribution in [2.24, 2.45) is 0 Å². The molecule has 0 unspecified atom stereocenters. The summed E-state index contributed by atoms with van der Waals surface area (Å²) in [4.78, 5) is 11.7. The highest BCUT2D eigenvalue weighted by Crippen LogP contribution is 2.28. The molecule has 0 radical (unpaired) electrons. The van der Waals surface area contributed by atoms with E-state index in [0.717, 1.165) is 25.9 Å². The summed E-state index contributed by atoms with van der Waals surface area (Å²) in [7, 11) is 1.38. The third kappa shape index (κ3) is 2.82. The lowest BCUT2D eigenvalue weighted by Gasteiger charge is -2.35. The lowest BCUT2D eigenvalue weighted by Crippen LogP contribution is -2.44. The molecule has 0 aliphatic carbocycles. The van der Waals surface area contributed by atoms with Gasteiger partial charge in [0.15, 0.2) is 0 Å². The van der Waals surface area contributed by atoms with Gasteiger partial charge >= 0.3 is 5.97 Å². The van der Waals surface area contributed by atoms with Crippen LogP contribution >= 0.6 is 0 Å². The Balaban J connectivity index is 2.20. The van der Waals surface area contributed by atoms with Crippen LogP contribution in [0.3, 0.4) is 0 Å². The summed E-state index contributed by atoms with van der Waals surface area (Å²) in [5, 5.41) is 3.30. The number of nitrogens with one attached hydrogen (secondary N) is 1. The van der Waals surface area contributed by atoms with Gasteiger partial charge in [-0.2, -0.15) is 0 Å². The molecule has 0 aromatic heterocycles. The summed E-state index contributed by atoms with van der Waals surface area (Å²) in [6, 6.07) is 7.22. The van der Waals surface area contributed by atoms with Crippen LogP contribution in [0.15, 0.2) is 24.3 Å². The first-order valence-electron chi connectivity index (χ1n) is 6.22. The molecule has 18 heavy (non-hydrogen) atoms. The summed E-state index contributed by atoms with van der Waals surface area (Å²) in [5.74, 6) is 0.247.